The summed E-state index contributed by atoms with van der Waals surface area (Å²) in [4.78, 5) is 17.7. The van der Waals surface area contributed by atoms with Gasteiger partial charge in [0.15, 0.2) is 0 Å². The number of amides is 1. The van der Waals surface area contributed by atoms with E-state index in [0.29, 0.717) is 23.1 Å². The molecular formula is C21H20ClN3O2S. The van der Waals surface area contributed by atoms with Gasteiger partial charge in [-0.1, -0.05) is 48.9 Å². The lowest BCUT2D eigenvalue weighted by molar-refractivity contribution is 0.0950. The van der Waals surface area contributed by atoms with Crippen molar-refractivity contribution in [1.29, 1.82) is 0 Å². The van der Waals surface area contributed by atoms with Crippen LogP contribution in [0.1, 0.15) is 34.3 Å². The van der Waals surface area contributed by atoms with E-state index in [0.717, 1.165) is 27.4 Å². The van der Waals surface area contributed by atoms with E-state index in [9.17, 15) is 4.79 Å². The maximum Gasteiger partial charge on any atom is 0.291 e. The SMILES string of the molecule is CCCOc1ccc(/C=N\NC(=O)c2nc(-c3ccccc3)sc2C)cc1Cl. The van der Waals surface area contributed by atoms with E-state index in [1.165, 1.54) is 17.6 Å². The van der Waals surface area contributed by atoms with Crippen molar-refractivity contribution < 1.29 is 9.53 Å². The number of hydrogen-bond acceptors (Lipinski definition) is 5. The minimum absolute atomic E-state index is 0.346. The fraction of sp³-hybridized carbons (Fsp3) is 0.190. The van der Waals surface area contributed by atoms with E-state index >= 15 is 0 Å². The zero-order valence-electron chi connectivity index (χ0n) is 15.6. The van der Waals surface area contributed by atoms with E-state index in [-0.39, 0.29) is 5.91 Å². The van der Waals surface area contributed by atoms with Crippen molar-refractivity contribution in [2.24, 2.45) is 5.10 Å². The van der Waals surface area contributed by atoms with E-state index in [4.69, 9.17) is 16.3 Å². The van der Waals surface area contributed by atoms with Crippen LogP contribution in [0.4, 0.5) is 0 Å². The molecule has 144 valence electrons. The summed E-state index contributed by atoms with van der Waals surface area (Å²) in [6.45, 7) is 4.52. The molecular weight excluding hydrogens is 394 g/mol. The van der Waals surface area contributed by atoms with Crippen molar-refractivity contribution in [3.05, 3.63) is 69.7 Å². The molecule has 0 atom stereocenters. The predicted octanol–water partition coefficient (Wildman–Crippen LogP) is 5.32. The van der Waals surface area contributed by atoms with Gasteiger partial charge in [-0.15, -0.1) is 11.3 Å². The number of rotatable bonds is 7. The Morgan fingerprint density at radius 2 is 2.07 bits per heavy atom. The third kappa shape index (κ3) is 4.97. The molecule has 28 heavy (non-hydrogen) atoms. The summed E-state index contributed by atoms with van der Waals surface area (Å²) in [6, 6.07) is 15.1. The molecule has 0 unspecified atom stereocenters. The van der Waals surface area contributed by atoms with Crippen LogP contribution in [0.3, 0.4) is 0 Å². The van der Waals surface area contributed by atoms with Gasteiger partial charge in [-0.2, -0.15) is 5.10 Å². The second kappa shape index (κ2) is 9.48. The van der Waals surface area contributed by atoms with E-state index in [1.54, 1.807) is 12.1 Å². The largest absolute Gasteiger partial charge is 0.492 e. The van der Waals surface area contributed by atoms with Crippen molar-refractivity contribution in [3.8, 4) is 16.3 Å². The van der Waals surface area contributed by atoms with Crippen LogP contribution in [0.5, 0.6) is 5.75 Å². The second-order valence-corrected chi connectivity index (χ2v) is 7.64. The molecule has 1 amide bonds. The normalized spacial score (nSPS) is 11.0. The Kier molecular flexibility index (Phi) is 6.79. The number of aromatic nitrogens is 1. The van der Waals surface area contributed by atoms with Gasteiger partial charge < -0.3 is 4.74 Å². The van der Waals surface area contributed by atoms with E-state index < -0.39 is 0 Å². The zero-order valence-corrected chi connectivity index (χ0v) is 17.2. The van der Waals surface area contributed by atoms with Crippen molar-refractivity contribution >= 4 is 35.1 Å². The third-order valence-corrected chi connectivity index (χ3v) is 5.14. The topological polar surface area (TPSA) is 63.6 Å². The van der Waals surface area contributed by atoms with Crippen LogP contribution in [0.15, 0.2) is 53.6 Å². The molecule has 0 radical (unpaired) electrons. The summed E-state index contributed by atoms with van der Waals surface area (Å²) in [5, 5.41) is 5.33. The maximum atomic E-state index is 12.4. The first-order chi connectivity index (χ1) is 13.6. The standard InChI is InChI=1S/C21H20ClN3O2S/c1-3-11-27-18-10-9-15(12-17(18)22)13-23-25-20(26)19-14(2)28-21(24-19)16-7-5-4-6-8-16/h4-10,12-13H,3,11H2,1-2H3,(H,25,26)/b23-13-. The molecule has 0 saturated carbocycles. The number of aryl methyl sites for hydroxylation is 1. The zero-order chi connectivity index (χ0) is 19.9. The summed E-state index contributed by atoms with van der Waals surface area (Å²) in [6.07, 6.45) is 2.45. The van der Waals surface area contributed by atoms with E-state index in [1.807, 2.05) is 50.2 Å². The first kappa shape index (κ1) is 20.0. The molecule has 5 nitrogen and oxygen atoms in total. The Labute approximate surface area is 173 Å². The number of carbonyl (C=O) groups is 1. The smallest absolute Gasteiger partial charge is 0.291 e. The van der Waals surface area contributed by atoms with Crippen LogP contribution >= 0.6 is 22.9 Å². The molecule has 0 bridgehead atoms. The van der Waals surface area contributed by atoms with Crippen LogP contribution in [0.2, 0.25) is 5.02 Å². The van der Waals surface area contributed by atoms with Crippen LogP contribution in [0.25, 0.3) is 10.6 Å². The summed E-state index contributed by atoms with van der Waals surface area (Å²) >= 11 is 7.68. The number of nitrogens with one attached hydrogen (secondary N) is 1. The number of hydrazone groups is 1. The van der Waals surface area contributed by atoms with Crippen LogP contribution in [-0.4, -0.2) is 23.7 Å². The molecule has 3 rings (SSSR count). The fourth-order valence-electron chi connectivity index (χ4n) is 2.46. The Balaban J connectivity index is 1.66. The van der Waals surface area contributed by atoms with Gasteiger partial charge in [0.1, 0.15) is 16.5 Å². The van der Waals surface area contributed by atoms with Gasteiger partial charge in [-0.25, -0.2) is 10.4 Å². The average molecular weight is 414 g/mol. The number of hydrogen-bond donors (Lipinski definition) is 1. The molecule has 0 saturated heterocycles. The summed E-state index contributed by atoms with van der Waals surface area (Å²) < 4.78 is 5.54. The minimum Gasteiger partial charge on any atom is -0.492 e. The highest BCUT2D eigenvalue weighted by Crippen LogP contribution is 2.27. The van der Waals surface area contributed by atoms with Crippen LogP contribution in [0, 0.1) is 6.92 Å². The highest BCUT2D eigenvalue weighted by molar-refractivity contribution is 7.15. The Bertz CT molecular complexity index is 987. The quantitative estimate of drug-likeness (QED) is 0.421. The molecule has 7 heteroatoms. The Morgan fingerprint density at radius 1 is 1.29 bits per heavy atom. The van der Waals surface area contributed by atoms with Gasteiger partial charge in [-0.05, 0) is 37.1 Å². The lowest BCUT2D eigenvalue weighted by atomic mass is 10.2. The van der Waals surface area contributed by atoms with Gasteiger partial charge in [0.25, 0.3) is 5.91 Å². The number of halogens is 1. The molecule has 0 aliphatic carbocycles. The molecule has 1 N–H and O–H groups in total. The van der Waals surface area contributed by atoms with Crippen LogP contribution in [-0.2, 0) is 0 Å². The van der Waals surface area contributed by atoms with Gasteiger partial charge in [0.2, 0.25) is 0 Å². The first-order valence-corrected chi connectivity index (χ1v) is 10.1. The summed E-state index contributed by atoms with van der Waals surface area (Å²) in [5.74, 6) is 0.289. The number of thiazole rings is 1. The number of nitrogens with zero attached hydrogens (tertiary/aromatic N) is 2. The van der Waals surface area contributed by atoms with Gasteiger partial charge >= 0.3 is 0 Å². The van der Waals surface area contributed by atoms with Crippen LogP contribution < -0.4 is 10.2 Å². The average Bonchev–Trinajstić information content (AvgIpc) is 3.10. The first-order valence-electron chi connectivity index (χ1n) is 8.87. The van der Waals surface area contributed by atoms with Crippen molar-refractivity contribution in [2.75, 3.05) is 6.61 Å². The predicted molar refractivity (Wildman–Crippen MR) is 115 cm³/mol. The van der Waals surface area contributed by atoms with E-state index in [2.05, 4.69) is 15.5 Å². The molecule has 3 aromatic rings. The summed E-state index contributed by atoms with van der Waals surface area (Å²) in [7, 11) is 0. The molecule has 1 aromatic heterocycles. The molecule has 0 spiro atoms. The maximum absolute atomic E-state index is 12.4. The lowest BCUT2D eigenvalue weighted by Gasteiger charge is -2.06. The third-order valence-electron chi connectivity index (χ3n) is 3.83. The van der Waals surface area contributed by atoms with Crippen molar-refractivity contribution in [2.45, 2.75) is 20.3 Å². The number of carbonyl (C=O) groups excluding carboxylic acids is 1. The van der Waals surface area contributed by atoms with Gasteiger partial charge in [0.05, 0.1) is 17.8 Å². The summed E-state index contributed by atoms with van der Waals surface area (Å²) in [5.41, 5.74) is 4.64. The van der Waals surface area contributed by atoms with Crippen molar-refractivity contribution in [1.82, 2.24) is 10.4 Å². The lowest BCUT2D eigenvalue weighted by Crippen LogP contribution is -2.18. The number of benzene rings is 2. The molecule has 1 heterocycles. The Hall–Kier alpha value is -2.70. The second-order valence-electron chi connectivity index (χ2n) is 6.03. The molecule has 0 aliphatic heterocycles. The number of ether oxygens (including phenoxy) is 1. The molecule has 0 aliphatic rings. The monoisotopic (exact) mass is 413 g/mol. The highest BCUT2D eigenvalue weighted by atomic mass is 35.5. The van der Waals surface area contributed by atoms with Gasteiger partial charge in [0, 0.05) is 10.4 Å². The fourth-order valence-corrected chi connectivity index (χ4v) is 3.62. The van der Waals surface area contributed by atoms with Gasteiger partial charge in [-0.3, -0.25) is 4.79 Å². The molecule has 0 fully saturated rings. The Morgan fingerprint density at radius 3 is 2.79 bits per heavy atom. The van der Waals surface area contributed by atoms with Crippen molar-refractivity contribution in [3.63, 3.8) is 0 Å². The highest BCUT2D eigenvalue weighted by Gasteiger charge is 2.15. The molecule has 2 aromatic carbocycles. The minimum atomic E-state index is -0.346.